The number of anilines is 1. The van der Waals surface area contributed by atoms with Crippen molar-refractivity contribution in [2.45, 2.75) is 6.42 Å². The number of rotatable bonds is 4. The predicted molar refractivity (Wildman–Crippen MR) is 95.0 cm³/mol. The molecule has 0 fully saturated rings. The molecule has 0 aliphatic carbocycles. The van der Waals surface area contributed by atoms with Crippen LogP contribution in [-0.4, -0.2) is 15.5 Å². The molecule has 1 heterocycles. The van der Waals surface area contributed by atoms with Crippen LogP contribution in [0.2, 0.25) is 5.02 Å². The number of benzene rings is 2. The maximum absolute atomic E-state index is 12.1. The molecule has 23 heavy (non-hydrogen) atoms. The number of aromatic nitrogens is 2. The van der Waals surface area contributed by atoms with Crippen LogP contribution in [0.4, 0.5) is 5.69 Å². The molecule has 0 saturated carbocycles. The number of nitrogens with zero attached hydrogens (tertiary/aromatic N) is 2. The van der Waals surface area contributed by atoms with Crippen molar-refractivity contribution in [3.8, 4) is 5.69 Å². The van der Waals surface area contributed by atoms with Gasteiger partial charge in [0.2, 0.25) is 5.91 Å². The van der Waals surface area contributed by atoms with Gasteiger partial charge in [0.15, 0.2) is 0 Å². The van der Waals surface area contributed by atoms with Crippen LogP contribution in [0.5, 0.6) is 0 Å². The first kappa shape index (κ1) is 15.8. The summed E-state index contributed by atoms with van der Waals surface area (Å²) in [6.07, 6.45) is 5.48. The van der Waals surface area contributed by atoms with Gasteiger partial charge in [-0.15, -0.1) is 0 Å². The summed E-state index contributed by atoms with van der Waals surface area (Å²) in [5, 5.41) is 3.40. The number of hydrogen-bond acceptors (Lipinski definition) is 2. The van der Waals surface area contributed by atoms with Gasteiger partial charge in [0.1, 0.15) is 0 Å². The average Bonchev–Trinajstić information content (AvgIpc) is 3.01. The molecule has 1 N–H and O–H groups in total. The summed E-state index contributed by atoms with van der Waals surface area (Å²) >= 11 is 9.68. The molecule has 0 radical (unpaired) electrons. The molecule has 6 heteroatoms. The van der Waals surface area contributed by atoms with Crippen LogP contribution in [0.3, 0.4) is 0 Å². The van der Waals surface area contributed by atoms with Crippen molar-refractivity contribution in [3.63, 3.8) is 0 Å². The second-order valence-electron chi connectivity index (χ2n) is 4.99. The highest BCUT2D eigenvalue weighted by atomic mass is 79.9. The smallest absolute Gasteiger partial charge is 0.228 e. The highest BCUT2D eigenvalue weighted by Gasteiger charge is 2.08. The van der Waals surface area contributed by atoms with Crippen molar-refractivity contribution < 1.29 is 4.79 Å². The first-order valence-corrected chi connectivity index (χ1v) is 8.11. The van der Waals surface area contributed by atoms with Crippen LogP contribution in [0.15, 0.2) is 65.7 Å². The molecule has 4 nitrogen and oxygen atoms in total. The second kappa shape index (κ2) is 6.98. The zero-order valence-electron chi connectivity index (χ0n) is 12.0. The molecule has 2 aromatic carbocycles. The Bertz CT molecular complexity index is 834. The van der Waals surface area contributed by atoms with Gasteiger partial charge in [-0.05, 0) is 35.9 Å². The quantitative estimate of drug-likeness (QED) is 0.714. The van der Waals surface area contributed by atoms with Crippen molar-refractivity contribution in [2.75, 3.05) is 5.32 Å². The van der Waals surface area contributed by atoms with Gasteiger partial charge in [-0.3, -0.25) is 4.79 Å². The minimum absolute atomic E-state index is 0.0884. The average molecular weight is 391 g/mol. The third-order valence-corrected chi connectivity index (χ3v) is 4.06. The van der Waals surface area contributed by atoms with Crippen molar-refractivity contribution >= 4 is 39.1 Å². The van der Waals surface area contributed by atoms with Crippen LogP contribution in [-0.2, 0) is 11.2 Å². The highest BCUT2D eigenvalue weighted by Crippen LogP contribution is 2.24. The van der Waals surface area contributed by atoms with Crippen LogP contribution < -0.4 is 5.32 Å². The number of nitrogens with one attached hydrogen (secondary N) is 1. The molecular formula is C17H13BrClN3O. The maximum Gasteiger partial charge on any atom is 0.228 e. The van der Waals surface area contributed by atoms with Crippen LogP contribution in [0.25, 0.3) is 5.69 Å². The van der Waals surface area contributed by atoms with Crippen molar-refractivity contribution in [2.24, 2.45) is 0 Å². The molecule has 3 rings (SSSR count). The molecule has 1 amide bonds. The lowest BCUT2D eigenvalue weighted by molar-refractivity contribution is -0.115. The van der Waals surface area contributed by atoms with Crippen LogP contribution in [0.1, 0.15) is 5.56 Å². The Morgan fingerprint density at radius 1 is 1.26 bits per heavy atom. The van der Waals surface area contributed by atoms with E-state index in [1.165, 1.54) is 0 Å². The Morgan fingerprint density at radius 3 is 2.83 bits per heavy atom. The molecule has 1 aromatic heterocycles. The van der Waals surface area contributed by atoms with Crippen LogP contribution in [0, 0.1) is 0 Å². The fraction of sp³-hybridized carbons (Fsp3) is 0.0588. The van der Waals surface area contributed by atoms with Crippen molar-refractivity contribution in [3.05, 3.63) is 76.2 Å². The van der Waals surface area contributed by atoms with E-state index in [1.807, 2.05) is 47.2 Å². The van der Waals surface area contributed by atoms with E-state index >= 15 is 0 Å². The Kier molecular flexibility index (Phi) is 4.79. The summed E-state index contributed by atoms with van der Waals surface area (Å²) in [5.74, 6) is -0.0884. The van der Waals surface area contributed by atoms with Gasteiger partial charge in [0.25, 0.3) is 0 Å². The van der Waals surface area contributed by atoms with E-state index < -0.39 is 0 Å². The molecule has 0 bridgehead atoms. The van der Waals surface area contributed by atoms with Gasteiger partial charge in [-0.2, -0.15) is 0 Å². The zero-order chi connectivity index (χ0) is 16.2. The predicted octanol–water partition coefficient (Wildman–Crippen LogP) is 4.47. The minimum Gasteiger partial charge on any atom is -0.326 e. The molecular weight excluding hydrogens is 378 g/mol. The lowest BCUT2D eigenvalue weighted by Gasteiger charge is -2.09. The first-order chi connectivity index (χ1) is 11.1. The zero-order valence-corrected chi connectivity index (χ0v) is 14.4. The van der Waals surface area contributed by atoms with Gasteiger partial charge in [-0.1, -0.05) is 39.7 Å². The standard InChI is InChI=1S/C17H13BrClN3O/c18-13-3-1-2-12(8-13)9-17(23)21-14-4-5-16(15(19)10-14)22-7-6-20-11-22/h1-8,10-11H,9H2,(H,21,23). The van der Waals surface area contributed by atoms with Crippen molar-refractivity contribution in [1.82, 2.24) is 9.55 Å². The van der Waals surface area contributed by atoms with E-state index in [1.54, 1.807) is 18.6 Å². The van der Waals surface area contributed by atoms with Gasteiger partial charge >= 0.3 is 0 Å². The molecule has 0 atom stereocenters. The molecule has 0 aliphatic rings. The normalized spacial score (nSPS) is 10.5. The fourth-order valence-electron chi connectivity index (χ4n) is 2.23. The van der Waals surface area contributed by atoms with Crippen molar-refractivity contribution in [1.29, 1.82) is 0 Å². The summed E-state index contributed by atoms with van der Waals surface area (Å²) in [5.41, 5.74) is 2.42. The van der Waals surface area contributed by atoms with Crippen LogP contribution >= 0.6 is 27.5 Å². The molecule has 0 aliphatic heterocycles. The fourth-order valence-corrected chi connectivity index (χ4v) is 2.96. The Hall–Kier alpha value is -2.11. The van der Waals surface area contributed by atoms with Gasteiger partial charge < -0.3 is 9.88 Å². The van der Waals surface area contributed by atoms with E-state index in [4.69, 9.17) is 11.6 Å². The third-order valence-electron chi connectivity index (χ3n) is 3.27. The second-order valence-corrected chi connectivity index (χ2v) is 6.31. The largest absolute Gasteiger partial charge is 0.326 e. The van der Waals surface area contributed by atoms with Gasteiger partial charge in [0, 0.05) is 22.6 Å². The molecule has 0 spiro atoms. The summed E-state index contributed by atoms with van der Waals surface area (Å²) in [7, 11) is 0. The Morgan fingerprint density at radius 2 is 2.13 bits per heavy atom. The van der Waals surface area contributed by atoms with E-state index in [0.717, 1.165) is 15.7 Å². The summed E-state index contributed by atoms with van der Waals surface area (Å²) in [6.45, 7) is 0. The molecule has 3 aromatic rings. The minimum atomic E-state index is -0.0884. The number of halogens is 2. The number of amides is 1. The summed E-state index contributed by atoms with van der Waals surface area (Å²) in [6, 6.07) is 13.1. The van der Waals surface area contributed by atoms with E-state index in [9.17, 15) is 4.79 Å². The SMILES string of the molecule is O=C(Cc1cccc(Br)c1)Nc1ccc(-n2ccnc2)c(Cl)c1. The lowest BCUT2D eigenvalue weighted by Crippen LogP contribution is -2.14. The monoisotopic (exact) mass is 389 g/mol. The molecule has 0 unspecified atom stereocenters. The first-order valence-electron chi connectivity index (χ1n) is 6.94. The van der Waals surface area contributed by atoms with E-state index in [0.29, 0.717) is 17.1 Å². The third kappa shape index (κ3) is 4.00. The Labute approximate surface area is 147 Å². The van der Waals surface area contributed by atoms with Gasteiger partial charge in [-0.25, -0.2) is 4.98 Å². The summed E-state index contributed by atoms with van der Waals surface area (Å²) in [4.78, 5) is 16.1. The highest BCUT2D eigenvalue weighted by molar-refractivity contribution is 9.10. The Balaban J connectivity index is 1.70. The molecule has 116 valence electrons. The molecule has 0 saturated heterocycles. The topological polar surface area (TPSA) is 46.9 Å². The summed E-state index contributed by atoms with van der Waals surface area (Å²) < 4.78 is 2.77. The number of carbonyl (C=O) groups excluding carboxylic acids is 1. The number of imidazole rings is 1. The van der Waals surface area contributed by atoms with E-state index in [-0.39, 0.29) is 5.91 Å². The lowest BCUT2D eigenvalue weighted by atomic mass is 10.1. The number of hydrogen-bond donors (Lipinski definition) is 1. The van der Waals surface area contributed by atoms with Gasteiger partial charge in [0.05, 0.1) is 23.5 Å². The van der Waals surface area contributed by atoms with E-state index in [2.05, 4.69) is 26.2 Å². The number of carbonyl (C=O) groups is 1. The maximum atomic E-state index is 12.1.